The summed E-state index contributed by atoms with van der Waals surface area (Å²) in [6.45, 7) is 2.26. The number of rotatable bonds is 5. The molecule has 2 heterocycles. The quantitative estimate of drug-likeness (QED) is 0.799. The second kappa shape index (κ2) is 8.01. The third kappa shape index (κ3) is 4.29. The van der Waals surface area contributed by atoms with Crippen LogP contribution in [0.2, 0.25) is 10.0 Å². The van der Waals surface area contributed by atoms with Crippen LogP contribution in [0.4, 0.5) is 5.95 Å². The maximum absolute atomic E-state index is 6.03. The first-order valence-electron chi connectivity index (χ1n) is 7.83. The molecule has 0 spiro atoms. The van der Waals surface area contributed by atoms with Crippen molar-refractivity contribution in [3.8, 4) is 5.88 Å². The van der Waals surface area contributed by atoms with Crippen molar-refractivity contribution < 1.29 is 9.47 Å². The molecule has 0 N–H and O–H groups in total. The minimum Gasteiger partial charge on any atom is -0.481 e. The third-order valence-corrected chi connectivity index (χ3v) is 4.76. The van der Waals surface area contributed by atoms with Gasteiger partial charge in [0, 0.05) is 25.4 Å². The van der Waals surface area contributed by atoms with Gasteiger partial charge < -0.3 is 14.4 Å². The average Bonchev–Trinajstić information content (AvgIpc) is 2.63. The van der Waals surface area contributed by atoms with E-state index in [-0.39, 0.29) is 6.10 Å². The molecule has 128 valence electrons. The molecule has 7 heteroatoms. The molecular formula is C17H19Cl2N3O2. The molecule has 1 aliphatic heterocycles. The van der Waals surface area contributed by atoms with Gasteiger partial charge in [0.25, 0.3) is 0 Å². The van der Waals surface area contributed by atoms with Gasteiger partial charge in [-0.05, 0) is 30.5 Å². The van der Waals surface area contributed by atoms with Crippen LogP contribution in [0.1, 0.15) is 18.4 Å². The first-order valence-corrected chi connectivity index (χ1v) is 8.59. The van der Waals surface area contributed by atoms with E-state index in [1.807, 2.05) is 12.1 Å². The number of methoxy groups -OCH3 is 1. The lowest BCUT2D eigenvalue weighted by Crippen LogP contribution is -2.38. The Bertz CT molecular complexity index is 691. The predicted octanol–water partition coefficient (Wildman–Crippen LogP) is 3.98. The zero-order chi connectivity index (χ0) is 16.9. The average molecular weight is 368 g/mol. The molecule has 1 aliphatic rings. The minimum atomic E-state index is 0.223. The summed E-state index contributed by atoms with van der Waals surface area (Å²) in [6, 6.07) is 7.33. The lowest BCUT2D eigenvalue weighted by molar-refractivity contribution is 0.0249. The Hall–Kier alpha value is -1.56. The highest BCUT2D eigenvalue weighted by atomic mass is 35.5. The summed E-state index contributed by atoms with van der Waals surface area (Å²) < 4.78 is 11.1. The van der Waals surface area contributed by atoms with Crippen molar-refractivity contribution in [1.29, 1.82) is 0 Å². The molecule has 0 unspecified atom stereocenters. The van der Waals surface area contributed by atoms with Gasteiger partial charge in [0.1, 0.15) is 0 Å². The summed E-state index contributed by atoms with van der Waals surface area (Å²) in [5, 5.41) is 1.12. The van der Waals surface area contributed by atoms with E-state index < -0.39 is 0 Å². The Labute approximate surface area is 151 Å². The number of hydrogen-bond donors (Lipinski definition) is 0. The van der Waals surface area contributed by atoms with Crippen molar-refractivity contribution in [2.24, 2.45) is 0 Å². The van der Waals surface area contributed by atoms with Crippen LogP contribution >= 0.6 is 23.2 Å². The van der Waals surface area contributed by atoms with Crippen molar-refractivity contribution in [3.63, 3.8) is 0 Å². The van der Waals surface area contributed by atoms with Crippen molar-refractivity contribution in [2.75, 3.05) is 25.1 Å². The van der Waals surface area contributed by atoms with Gasteiger partial charge in [0.2, 0.25) is 11.8 Å². The first kappa shape index (κ1) is 17.3. The summed E-state index contributed by atoms with van der Waals surface area (Å²) in [5.74, 6) is 1.29. The van der Waals surface area contributed by atoms with E-state index in [4.69, 9.17) is 32.7 Å². The maximum Gasteiger partial charge on any atom is 0.228 e. The number of hydrogen-bond acceptors (Lipinski definition) is 5. The Kier molecular flexibility index (Phi) is 5.76. The first-order chi connectivity index (χ1) is 11.7. The molecule has 0 bridgehead atoms. The van der Waals surface area contributed by atoms with Crippen LogP contribution in [-0.2, 0) is 11.3 Å². The molecular weight excluding hydrogens is 349 g/mol. The van der Waals surface area contributed by atoms with E-state index in [1.165, 1.54) is 0 Å². The van der Waals surface area contributed by atoms with Crippen LogP contribution in [0.15, 0.2) is 30.5 Å². The molecule has 0 aliphatic carbocycles. The minimum absolute atomic E-state index is 0.223. The Morgan fingerprint density at radius 1 is 1.17 bits per heavy atom. The third-order valence-electron chi connectivity index (χ3n) is 4.02. The van der Waals surface area contributed by atoms with Gasteiger partial charge >= 0.3 is 0 Å². The molecule has 0 amide bonds. The van der Waals surface area contributed by atoms with E-state index in [1.54, 1.807) is 25.4 Å². The lowest BCUT2D eigenvalue weighted by atomic mass is 10.1. The molecule has 5 nitrogen and oxygen atoms in total. The normalized spacial score (nSPS) is 15.5. The monoisotopic (exact) mass is 367 g/mol. The highest BCUT2D eigenvalue weighted by molar-refractivity contribution is 6.42. The van der Waals surface area contributed by atoms with Gasteiger partial charge in [0.05, 0.1) is 29.9 Å². The molecule has 3 rings (SSSR count). The molecule has 24 heavy (non-hydrogen) atoms. The second-order valence-electron chi connectivity index (χ2n) is 5.64. The van der Waals surface area contributed by atoms with Crippen LogP contribution in [0.25, 0.3) is 0 Å². The number of benzene rings is 1. The maximum atomic E-state index is 6.03. The van der Waals surface area contributed by atoms with Crippen LogP contribution in [0.5, 0.6) is 5.88 Å². The van der Waals surface area contributed by atoms with Crippen LogP contribution < -0.4 is 9.64 Å². The molecule has 1 aromatic carbocycles. The number of ether oxygens (including phenoxy) is 2. The molecule has 0 radical (unpaired) electrons. The fourth-order valence-electron chi connectivity index (χ4n) is 2.66. The zero-order valence-corrected chi connectivity index (χ0v) is 14.9. The SMILES string of the molecule is COc1ccnc(N2CCC(OCc3ccc(Cl)c(Cl)c3)CC2)n1. The Morgan fingerprint density at radius 3 is 2.67 bits per heavy atom. The highest BCUT2D eigenvalue weighted by Crippen LogP contribution is 2.24. The zero-order valence-electron chi connectivity index (χ0n) is 13.4. The van der Waals surface area contributed by atoms with Crippen molar-refractivity contribution in [3.05, 3.63) is 46.1 Å². The molecule has 0 atom stereocenters. The number of piperidine rings is 1. The molecule has 0 saturated carbocycles. The van der Waals surface area contributed by atoms with Crippen molar-refractivity contribution >= 4 is 29.2 Å². The molecule has 2 aromatic rings. The van der Waals surface area contributed by atoms with Crippen LogP contribution in [0, 0.1) is 0 Å². The van der Waals surface area contributed by atoms with E-state index in [0.29, 0.717) is 28.5 Å². The van der Waals surface area contributed by atoms with Crippen molar-refractivity contribution in [1.82, 2.24) is 9.97 Å². The summed E-state index contributed by atoms with van der Waals surface area (Å²) in [4.78, 5) is 10.8. The number of anilines is 1. The predicted molar refractivity (Wildman–Crippen MR) is 95.1 cm³/mol. The van der Waals surface area contributed by atoms with Gasteiger partial charge in [-0.25, -0.2) is 4.98 Å². The smallest absolute Gasteiger partial charge is 0.228 e. The standard InChI is InChI=1S/C17H19Cl2N3O2/c1-23-16-4-7-20-17(21-16)22-8-5-13(6-9-22)24-11-12-2-3-14(18)15(19)10-12/h2-4,7,10,13H,5-6,8-9,11H2,1H3. The summed E-state index contributed by atoms with van der Waals surface area (Å²) in [5.41, 5.74) is 1.03. The highest BCUT2D eigenvalue weighted by Gasteiger charge is 2.21. The lowest BCUT2D eigenvalue weighted by Gasteiger charge is -2.32. The number of halogens is 2. The van der Waals surface area contributed by atoms with Crippen LogP contribution in [-0.4, -0.2) is 36.3 Å². The van der Waals surface area contributed by atoms with Gasteiger partial charge in [0.15, 0.2) is 0 Å². The largest absolute Gasteiger partial charge is 0.481 e. The van der Waals surface area contributed by atoms with E-state index in [2.05, 4.69) is 14.9 Å². The van der Waals surface area contributed by atoms with Gasteiger partial charge in [-0.1, -0.05) is 29.3 Å². The topological polar surface area (TPSA) is 47.5 Å². The summed E-state index contributed by atoms with van der Waals surface area (Å²) >= 11 is 12.0. The van der Waals surface area contributed by atoms with Gasteiger partial charge in [-0.15, -0.1) is 0 Å². The summed E-state index contributed by atoms with van der Waals surface area (Å²) in [7, 11) is 1.61. The Balaban J connectivity index is 1.50. The molecule has 1 fully saturated rings. The van der Waals surface area contributed by atoms with Crippen LogP contribution in [0.3, 0.4) is 0 Å². The number of aromatic nitrogens is 2. The second-order valence-corrected chi connectivity index (χ2v) is 6.46. The van der Waals surface area contributed by atoms with Gasteiger partial charge in [-0.3, -0.25) is 0 Å². The van der Waals surface area contributed by atoms with E-state index in [9.17, 15) is 0 Å². The van der Waals surface area contributed by atoms with Crippen molar-refractivity contribution in [2.45, 2.75) is 25.6 Å². The van der Waals surface area contributed by atoms with Gasteiger partial charge in [-0.2, -0.15) is 4.98 Å². The number of nitrogens with zero attached hydrogens (tertiary/aromatic N) is 3. The summed E-state index contributed by atoms with van der Waals surface area (Å²) in [6.07, 6.45) is 3.80. The molecule has 1 saturated heterocycles. The fourth-order valence-corrected chi connectivity index (χ4v) is 2.99. The van der Waals surface area contributed by atoms with E-state index in [0.717, 1.165) is 31.5 Å². The molecule has 1 aromatic heterocycles. The Morgan fingerprint density at radius 2 is 1.96 bits per heavy atom. The fraction of sp³-hybridized carbons (Fsp3) is 0.412. The van der Waals surface area contributed by atoms with E-state index >= 15 is 0 Å².